The van der Waals surface area contributed by atoms with Crippen LogP contribution in [0.5, 0.6) is 0 Å². The lowest BCUT2D eigenvalue weighted by atomic mass is 10.2. The molecule has 28 heavy (non-hydrogen) atoms. The maximum absolute atomic E-state index is 13.2. The van der Waals surface area contributed by atoms with Crippen LogP contribution in [0.3, 0.4) is 0 Å². The smallest absolute Gasteiger partial charge is 0.280 e. The summed E-state index contributed by atoms with van der Waals surface area (Å²) in [5, 5.41) is 8.51. The number of carbonyl (C=O) groups is 1. The minimum Gasteiger partial charge on any atom is -0.346 e. The van der Waals surface area contributed by atoms with Crippen LogP contribution >= 0.6 is 22.9 Å². The van der Waals surface area contributed by atoms with Crippen molar-refractivity contribution in [2.24, 2.45) is 0 Å². The van der Waals surface area contributed by atoms with E-state index in [4.69, 9.17) is 16.1 Å². The van der Waals surface area contributed by atoms with Gasteiger partial charge in [-0.25, -0.2) is 9.37 Å². The summed E-state index contributed by atoms with van der Waals surface area (Å²) in [6.07, 6.45) is 3.27. The molecule has 0 saturated heterocycles. The molecule has 7 nitrogen and oxygen atoms in total. The molecule has 0 spiro atoms. The zero-order valence-electron chi connectivity index (χ0n) is 14.1. The quantitative estimate of drug-likeness (QED) is 0.530. The lowest BCUT2D eigenvalue weighted by Gasteiger charge is -2.04. The van der Waals surface area contributed by atoms with E-state index in [1.165, 1.54) is 12.1 Å². The van der Waals surface area contributed by atoms with Crippen molar-refractivity contribution < 1.29 is 13.7 Å². The Morgan fingerprint density at radius 2 is 2.18 bits per heavy atom. The van der Waals surface area contributed by atoms with E-state index in [2.05, 4.69) is 25.4 Å². The van der Waals surface area contributed by atoms with Crippen LogP contribution in [0, 0.1) is 5.82 Å². The van der Waals surface area contributed by atoms with Gasteiger partial charge in [-0.2, -0.15) is 4.98 Å². The van der Waals surface area contributed by atoms with Crippen LogP contribution in [0.2, 0.25) is 5.02 Å². The highest BCUT2D eigenvalue weighted by molar-refractivity contribution is 7.12. The monoisotopic (exact) mass is 415 g/mol. The van der Waals surface area contributed by atoms with Crippen molar-refractivity contribution in [2.45, 2.75) is 6.54 Å². The SMILES string of the molecule is O=C(NCc1ccc(F)c(Cl)c1)c1nc(-c2nc(-c3cccnc3)no2)cs1. The number of thiazole rings is 1. The molecule has 0 bridgehead atoms. The van der Waals surface area contributed by atoms with Crippen LogP contribution in [-0.4, -0.2) is 26.0 Å². The fourth-order valence-electron chi connectivity index (χ4n) is 2.32. The van der Waals surface area contributed by atoms with Gasteiger partial charge in [0.1, 0.15) is 11.5 Å². The Morgan fingerprint density at radius 1 is 1.29 bits per heavy atom. The van der Waals surface area contributed by atoms with E-state index in [0.717, 1.165) is 11.3 Å². The van der Waals surface area contributed by atoms with Crippen LogP contribution in [0.25, 0.3) is 23.0 Å². The maximum Gasteiger partial charge on any atom is 0.280 e. The molecule has 1 N–H and O–H groups in total. The first-order chi connectivity index (χ1) is 13.6. The highest BCUT2D eigenvalue weighted by atomic mass is 35.5. The molecule has 4 aromatic rings. The summed E-state index contributed by atoms with van der Waals surface area (Å²) in [7, 11) is 0. The Kier molecular flexibility index (Phi) is 5.09. The van der Waals surface area contributed by atoms with Crippen LogP contribution in [-0.2, 0) is 6.54 Å². The van der Waals surface area contributed by atoms with Gasteiger partial charge in [-0.3, -0.25) is 9.78 Å². The first-order valence-corrected chi connectivity index (χ1v) is 9.28. The van der Waals surface area contributed by atoms with Crippen LogP contribution in [0.1, 0.15) is 15.4 Å². The number of nitrogens with zero attached hydrogens (tertiary/aromatic N) is 4. The van der Waals surface area contributed by atoms with Gasteiger partial charge in [-0.05, 0) is 29.8 Å². The second-order valence-corrected chi connectivity index (χ2v) is 6.90. The van der Waals surface area contributed by atoms with Gasteiger partial charge in [0, 0.05) is 29.9 Å². The van der Waals surface area contributed by atoms with Crippen LogP contribution in [0.15, 0.2) is 52.6 Å². The average Bonchev–Trinajstić information content (AvgIpc) is 3.39. The molecule has 0 aliphatic carbocycles. The number of hydrogen-bond donors (Lipinski definition) is 1. The Bertz CT molecular complexity index is 1130. The van der Waals surface area contributed by atoms with Crippen molar-refractivity contribution in [3.63, 3.8) is 0 Å². The lowest BCUT2D eigenvalue weighted by Crippen LogP contribution is -2.22. The third kappa shape index (κ3) is 3.90. The van der Waals surface area contributed by atoms with Gasteiger partial charge in [0.05, 0.1) is 5.02 Å². The molecule has 0 aliphatic heterocycles. The maximum atomic E-state index is 13.2. The van der Waals surface area contributed by atoms with Crippen molar-refractivity contribution in [2.75, 3.05) is 0 Å². The summed E-state index contributed by atoms with van der Waals surface area (Å²) in [5.41, 5.74) is 1.79. The molecule has 140 valence electrons. The highest BCUT2D eigenvalue weighted by Gasteiger charge is 2.17. The molecule has 0 aliphatic rings. The number of aromatic nitrogens is 4. The summed E-state index contributed by atoms with van der Waals surface area (Å²) in [6, 6.07) is 7.84. The lowest BCUT2D eigenvalue weighted by molar-refractivity contribution is 0.0950. The van der Waals surface area contributed by atoms with Crippen molar-refractivity contribution in [3.05, 3.63) is 69.5 Å². The van der Waals surface area contributed by atoms with E-state index >= 15 is 0 Å². The molecule has 0 radical (unpaired) electrons. The number of carbonyl (C=O) groups excluding carboxylic acids is 1. The second-order valence-electron chi connectivity index (χ2n) is 5.63. The summed E-state index contributed by atoms with van der Waals surface area (Å²) in [5.74, 6) is -0.287. The molecule has 3 heterocycles. The Morgan fingerprint density at radius 3 is 2.96 bits per heavy atom. The third-order valence-corrected chi connectivity index (χ3v) is 4.83. The zero-order valence-corrected chi connectivity index (χ0v) is 15.7. The Hall–Kier alpha value is -3.17. The van der Waals surface area contributed by atoms with Crippen molar-refractivity contribution in [1.82, 2.24) is 25.4 Å². The third-order valence-electron chi connectivity index (χ3n) is 3.70. The number of amides is 1. The van der Waals surface area contributed by atoms with Gasteiger partial charge < -0.3 is 9.84 Å². The van der Waals surface area contributed by atoms with Crippen LogP contribution in [0.4, 0.5) is 4.39 Å². The molecular formula is C18H11ClFN5O2S. The predicted molar refractivity (Wildman–Crippen MR) is 101 cm³/mol. The first kappa shape index (κ1) is 18.2. The van der Waals surface area contributed by atoms with Gasteiger partial charge in [-0.15, -0.1) is 11.3 Å². The van der Waals surface area contributed by atoms with Crippen molar-refractivity contribution >= 4 is 28.8 Å². The van der Waals surface area contributed by atoms with E-state index in [-0.39, 0.29) is 28.4 Å². The largest absolute Gasteiger partial charge is 0.346 e. The number of nitrogens with one attached hydrogen (secondary N) is 1. The van der Waals surface area contributed by atoms with Gasteiger partial charge in [0.25, 0.3) is 11.8 Å². The average molecular weight is 416 g/mol. The number of pyridine rings is 1. The summed E-state index contributed by atoms with van der Waals surface area (Å²) >= 11 is 6.89. The minimum atomic E-state index is -0.508. The van der Waals surface area contributed by atoms with Crippen molar-refractivity contribution in [1.29, 1.82) is 0 Å². The molecule has 10 heteroatoms. The highest BCUT2D eigenvalue weighted by Crippen LogP contribution is 2.23. The molecule has 4 rings (SSSR count). The zero-order chi connectivity index (χ0) is 19.5. The summed E-state index contributed by atoms with van der Waals surface area (Å²) in [4.78, 5) is 24.8. The van der Waals surface area contributed by atoms with Crippen LogP contribution < -0.4 is 5.32 Å². The van der Waals surface area contributed by atoms with Crippen molar-refractivity contribution in [3.8, 4) is 23.0 Å². The standard InChI is InChI=1S/C18H11ClFN5O2S/c19-12-6-10(3-4-13(12)20)7-22-16(26)18-23-14(9-28-18)17-24-15(25-27-17)11-2-1-5-21-8-11/h1-6,8-9H,7H2,(H,22,26). The van der Waals surface area contributed by atoms with Gasteiger partial charge in [0.2, 0.25) is 5.82 Å². The van der Waals surface area contributed by atoms with E-state index in [0.29, 0.717) is 22.6 Å². The second kappa shape index (κ2) is 7.83. The predicted octanol–water partition coefficient (Wildman–Crippen LogP) is 3.98. The molecule has 0 saturated carbocycles. The number of benzene rings is 1. The molecule has 1 aromatic carbocycles. The van der Waals surface area contributed by atoms with E-state index < -0.39 is 5.82 Å². The molecule has 3 aromatic heterocycles. The molecule has 0 fully saturated rings. The van der Waals surface area contributed by atoms with E-state index in [1.807, 2.05) is 6.07 Å². The van der Waals surface area contributed by atoms with E-state index in [9.17, 15) is 9.18 Å². The van der Waals surface area contributed by atoms with Gasteiger partial charge in [0.15, 0.2) is 5.01 Å². The fourth-order valence-corrected chi connectivity index (χ4v) is 3.23. The Labute approximate surface area is 167 Å². The van der Waals surface area contributed by atoms with Gasteiger partial charge >= 0.3 is 0 Å². The van der Waals surface area contributed by atoms with E-state index in [1.54, 1.807) is 29.9 Å². The van der Waals surface area contributed by atoms with Gasteiger partial charge in [-0.1, -0.05) is 22.8 Å². The number of halogens is 2. The molecule has 1 amide bonds. The molecule has 0 atom stereocenters. The molecule has 0 unspecified atom stereocenters. The molecular weight excluding hydrogens is 405 g/mol. The fraction of sp³-hybridized carbons (Fsp3) is 0.0556. The summed E-state index contributed by atoms with van der Waals surface area (Å²) < 4.78 is 18.4. The number of rotatable bonds is 5. The normalized spacial score (nSPS) is 10.8. The minimum absolute atomic E-state index is 0.00379. The topological polar surface area (TPSA) is 93.8 Å². The first-order valence-electron chi connectivity index (χ1n) is 8.02. The summed E-state index contributed by atoms with van der Waals surface area (Å²) in [6.45, 7) is 0.194. The number of hydrogen-bond acceptors (Lipinski definition) is 7. The Balaban J connectivity index is 1.44.